The maximum absolute atomic E-state index is 13.1. The van der Waals surface area contributed by atoms with E-state index in [1.807, 2.05) is 12.1 Å². The molecule has 11 heteroatoms. The fourth-order valence-electron chi connectivity index (χ4n) is 2.90. The molecule has 0 saturated carbocycles. The second-order valence-electron chi connectivity index (χ2n) is 6.66. The molecule has 32 heavy (non-hydrogen) atoms. The third-order valence-electron chi connectivity index (χ3n) is 4.44. The van der Waals surface area contributed by atoms with Crippen molar-refractivity contribution in [3.63, 3.8) is 0 Å². The van der Waals surface area contributed by atoms with E-state index in [1.54, 1.807) is 30.3 Å². The lowest BCUT2D eigenvalue weighted by Crippen LogP contribution is -2.22. The predicted octanol–water partition coefficient (Wildman–Crippen LogP) is 4.79. The van der Waals surface area contributed by atoms with Gasteiger partial charge in [0.05, 0.1) is 6.54 Å². The molecule has 0 amide bonds. The van der Waals surface area contributed by atoms with Crippen LogP contribution in [-0.4, -0.2) is 29.3 Å². The molecule has 0 aliphatic rings. The summed E-state index contributed by atoms with van der Waals surface area (Å²) < 4.78 is 18.8. The Balaban J connectivity index is 1.40. The van der Waals surface area contributed by atoms with Gasteiger partial charge in [-0.3, -0.25) is 4.79 Å². The molecule has 0 saturated heterocycles. The van der Waals surface area contributed by atoms with Gasteiger partial charge < -0.3 is 0 Å². The standard InChI is InChI=1S/C21H12ClFN6OS2/c22-14-3-1-2-13(10-14)19-24-21(32-28-19)16-8-9-18(30)29(27-16)11-17-25-26-20(31-17)12-4-6-15(23)7-5-12/h1-10H,11H2. The van der Waals surface area contributed by atoms with Gasteiger partial charge in [-0.05, 0) is 54.0 Å². The molecule has 3 aromatic heterocycles. The summed E-state index contributed by atoms with van der Waals surface area (Å²) in [5, 5.41) is 15.1. The molecule has 0 radical (unpaired) electrons. The minimum absolute atomic E-state index is 0.158. The van der Waals surface area contributed by atoms with Crippen molar-refractivity contribution < 1.29 is 4.39 Å². The summed E-state index contributed by atoms with van der Waals surface area (Å²) in [6.45, 7) is 0.158. The number of hydrogen-bond donors (Lipinski definition) is 0. The summed E-state index contributed by atoms with van der Waals surface area (Å²) in [4.78, 5) is 16.9. The predicted molar refractivity (Wildman–Crippen MR) is 122 cm³/mol. The average molecular weight is 483 g/mol. The molecule has 0 spiro atoms. The van der Waals surface area contributed by atoms with Gasteiger partial charge >= 0.3 is 0 Å². The van der Waals surface area contributed by atoms with E-state index in [2.05, 4.69) is 24.7 Å². The molecule has 2 aromatic carbocycles. The second-order valence-corrected chi connectivity index (χ2v) is 8.91. The van der Waals surface area contributed by atoms with Crippen LogP contribution in [0, 0.1) is 5.82 Å². The van der Waals surface area contributed by atoms with Gasteiger partial charge in [0, 0.05) is 22.2 Å². The molecule has 0 unspecified atom stereocenters. The fraction of sp³-hybridized carbons (Fsp3) is 0.0476. The Morgan fingerprint density at radius 1 is 0.969 bits per heavy atom. The van der Waals surface area contributed by atoms with Crippen molar-refractivity contribution in [2.75, 3.05) is 0 Å². The van der Waals surface area contributed by atoms with E-state index in [1.165, 1.54) is 45.8 Å². The lowest BCUT2D eigenvalue weighted by atomic mass is 10.2. The van der Waals surface area contributed by atoms with Gasteiger partial charge in [-0.1, -0.05) is 35.1 Å². The van der Waals surface area contributed by atoms with Crippen molar-refractivity contribution in [2.24, 2.45) is 0 Å². The van der Waals surface area contributed by atoms with Gasteiger partial charge in [0.2, 0.25) is 0 Å². The largest absolute Gasteiger partial charge is 0.268 e. The Bertz CT molecular complexity index is 1460. The molecule has 5 aromatic rings. The first-order valence-corrected chi connectivity index (χ1v) is 11.3. The Hall–Kier alpha value is -3.34. The molecule has 0 atom stereocenters. The van der Waals surface area contributed by atoms with E-state index in [9.17, 15) is 9.18 Å². The van der Waals surface area contributed by atoms with E-state index < -0.39 is 0 Å². The Kier molecular flexibility index (Phi) is 5.56. The zero-order valence-electron chi connectivity index (χ0n) is 16.1. The van der Waals surface area contributed by atoms with Crippen molar-refractivity contribution in [2.45, 2.75) is 6.54 Å². The summed E-state index contributed by atoms with van der Waals surface area (Å²) in [5.74, 6) is 0.223. The number of rotatable bonds is 5. The maximum atomic E-state index is 13.1. The van der Waals surface area contributed by atoms with Gasteiger partial charge in [-0.15, -0.1) is 10.2 Å². The van der Waals surface area contributed by atoms with Gasteiger partial charge in [-0.2, -0.15) is 9.47 Å². The molecular weight excluding hydrogens is 471 g/mol. The van der Waals surface area contributed by atoms with Crippen LogP contribution in [0.2, 0.25) is 5.02 Å². The third-order valence-corrected chi connectivity index (χ3v) is 6.37. The van der Waals surface area contributed by atoms with E-state index in [-0.39, 0.29) is 17.9 Å². The first-order chi connectivity index (χ1) is 15.5. The molecule has 0 fully saturated rings. The first kappa shape index (κ1) is 20.6. The normalized spacial score (nSPS) is 11.1. The van der Waals surface area contributed by atoms with Gasteiger partial charge in [0.25, 0.3) is 5.56 Å². The maximum Gasteiger partial charge on any atom is 0.267 e. The van der Waals surface area contributed by atoms with Gasteiger partial charge in [0.15, 0.2) is 10.8 Å². The Labute approximate surface area is 194 Å². The van der Waals surface area contributed by atoms with Crippen LogP contribution in [0.5, 0.6) is 0 Å². The van der Waals surface area contributed by atoms with Crippen molar-refractivity contribution in [1.29, 1.82) is 0 Å². The van der Waals surface area contributed by atoms with E-state index >= 15 is 0 Å². The van der Waals surface area contributed by atoms with Gasteiger partial charge in [-0.25, -0.2) is 14.1 Å². The summed E-state index contributed by atoms with van der Waals surface area (Å²) in [5.41, 5.74) is 1.81. The number of halogens is 2. The molecule has 7 nitrogen and oxygen atoms in total. The van der Waals surface area contributed by atoms with Gasteiger partial charge in [0.1, 0.15) is 21.5 Å². The fourth-order valence-corrected chi connectivity index (χ4v) is 4.57. The quantitative estimate of drug-likeness (QED) is 0.358. The minimum Gasteiger partial charge on any atom is -0.268 e. The Morgan fingerprint density at radius 3 is 2.62 bits per heavy atom. The number of hydrogen-bond acceptors (Lipinski definition) is 8. The highest BCUT2D eigenvalue weighted by atomic mass is 35.5. The molecule has 0 aliphatic carbocycles. The third kappa shape index (κ3) is 4.33. The van der Waals surface area contributed by atoms with Crippen LogP contribution in [0.15, 0.2) is 65.5 Å². The average Bonchev–Trinajstić information content (AvgIpc) is 3.46. The molecule has 158 valence electrons. The van der Waals surface area contributed by atoms with Crippen LogP contribution >= 0.6 is 34.5 Å². The van der Waals surface area contributed by atoms with E-state index in [0.717, 1.165) is 11.1 Å². The highest BCUT2D eigenvalue weighted by Gasteiger charge is 2.13. The van der Waals surface area contributed by atoms with E-state index in [4.69, 9.17) is 11.6 Å². The van der Waals surface area contributed by atoms with Crippen LogP contribution in [0.3, 0.4) is 0 Å². The monoisotopic (exact) mass is 482 g/mol. The molecule has 0 aliphatic heterocycles. The highest BCUT2D eigenvalue weighted by molar-refractivity contribution is 7.14. The summed E-state index contributed by atoms with van der Waals surface area (Å²) in [6, 6.07) is 16.3. The molecule has 3 heterocycles. The molecular formula is C21H12ClFN6OS2. The summed E-state index contributed by atoms with van der Waals surface area (Å²) >= 11 is 8.56. The van der Waals surface area contributed by atoms with Crippen LogP contribution in [0.1, 0.15) is 5.01 Å². The SMILES string of the molecule is O=c1ccc(-c2nc(-c3cccc(Cl)c3)ns2)nn1Cc1nnc(-c2ccc(F)cc2)s1. The molecule has 0 N–H and O–H groups in total. The van der Waals surface area contributed by atoms with Crippen LogP contribution < -0.4 is 5.56 Å². The van der Waals surface area contributed by atoms with E-state index in [0.29, 0.717) is 31.6 Å². The minimum atomic E-state index is -0.318. The summed E-state index contributed by atoms with van der Waals surface area (Å²) in [6.07, 6.45) is 0. The molecule has 5 rings (SSSR count). The van der Waals surface area contributed by atoms with Crippen molar-refractivity contribution in [3.8, 4) is 32.7 Å². The lowest BCUT2D eigenvalue weighted by Gasteiger charge is -2.03. The van der Waals surface area contributed by atoms with Crippen molar-refractivity contribution >= 4 is 34.5 Å². The van der Waals surface area contributed by atoms with Crippen molar-refractivity contribution in [3.05, 3.63) is 86.9 Å². The highest BCUT2D eigenvalue weighted by Crippen LogP contribution is 2.26. The smallest absolute Gasteiger partial charge is 0.267 e. The number of aromatic nitrogens is 6. The zero-order valence-corrected chi connectivity index (χ0v) is 18.5. The number of benzene rings is 2. The Morgan fingerprint density at radius 2 is 1.81 bits per heavy atom. The van der Waals surface area contributed by atoms with Crippen LogP contribution in [0.25, 0.3) is 32.7 Å². The lowest BCUT2D eigenvalue weighted by molar-refractivity contribution is 0.628. The first-order valence-electron chi connectivity index (χ1n) is 9.32. The van der Waals surface area contributed by atoms with Crippen molar-refractivity contribution in [1.82, 2.24) is 29.3 Å². The second kappa shape index (κ2) is 8.65. The van der Waals surface area contributed by atoms with Crippen LogP contribution in [-0.2, 0) is 6.54 Å². The zero-order chi connectivity index (χ0) is 22.1. The molecule has 0 bridgehead atoms. The van der Waals surface area contributed by atoms with Crippen LogP contribution in [0.4, 0.5) is 4.39 Å². The number of nitrogens with zero attached hydrogens (tertiary/aromatic N) is 6. The topological polar surface area (TPSA) is 86.5 Å². The summed E-state index contributed by atoms with van der Waals surface area (Å²) in [7, 11) is 0.